The van der Waals surface area contributed by atoms with Crippen LogP contribution in [0.2, 0.25) is 0 Å². The number of carbonyl (C=O) groups excluding carboxylic acids is 2. The third kappa shape index (κ3) is 4.20. The molecule has 0 saturated heterocycles. The number of nitrogens with one attached hydrogen (secondary N) is 1. The molecule has 0 atom stereocenters. The van der Waals surface area contributed by atoms with Crippen LogP contribution in [0.3, 0.4) is 0 Å². The monoisotopic (exact) mass is 438 g/mol. The minimum atomic E-state index is -4.42. The van der Waals surface area contributed by atoms with Gasteiger partial charge in [0.15, 0.2) is 0 Å². The van der Waals surface area contributed by atoms with Crippen LogP contribution < -0.4 is 15.8 Å². The Morgan fingerprint density at radius 3 is 2.53 bits per heavy atom. The molecule has 2 heterocycles. The average molecular weight is 438 g/mol. The van der Waals surface area contributed by atoms with Crippen molar-refractivity contribution in [2.75, 3.05) is 10.7 Å². The zero-order chi connectivity index (χ0) is 21.5. The predicted molar refractivity (Wildman–Crippen MR) is 103 cm³/mol. The van der Waals surface area contributed by atoms with Crippen LogP contribution in [0.25, 0.3) is 0 Å². The molecule has 11 heteroatoms. The van der Waals surface area contributed by atoms with Gasteiger partial charge in [0.25, 0.3) is 5.56 Å². The summed E-state index contributed by atoms with van der Waals surface area (Å²) in [7, 11) is 0. The SMILES string of the molecule is O=C(Cn1ncc2c(c1=O)N(C1CC1)C(=O)CS2)NCc1ccc(C(F)(F)F)cc1. The molecule has 1 aliphatic carbocycles. The summed E-state index contributed by atoms with van der Waals surface area (Å²) < 4.78 is 38.8. The molecule has 1 fully saturated rings. The highest BCUT2D eigenvalue weighted by Gasteiger charge is 2.39. The van der Waals surface area contributed by atoms with E-state index in [0.717, 1.165) is 29.7 Å². The van der Waals surface area contributed by atoms with Gasteiger partial charge >= 0.3 is 6.18 Å². The van der Waals surface area contributed by atoms with E-state index in [4.69, 9.17) is 0 Å². The molecule has 1 saturated carbocycles. The first-order chi connectivity index (χ1) is 14.2. The number of carbonyl (C=O) groups is 2. The van der Waals surface area contributed by atoms with Crippen molar-refractivity contribution in [3.8, 4) is 0 Å². The third-order valence-corrected chi connectivity index (χ3v) is 5.82. The van der Waals surface area contributed by atoms with Gasteiger partial charge in [0.05, 0.1) is 22.4 Å². The van der Waals surface area contributed by atoms with Crippen molar-refractivity contribution in [1.82, 2.24) is 15.1 Å². The first kappa shape index (κ1) is 20.5. The van der Waals surface area contributed by atoms with E-state index in [1.807, 2.05) is 0 Å². The molecule has 1 aliphatic heterocycles. The number of benzene rings is 1. The normalized spacial score (nSPS) is 16.4. The van der Waals surface area contributed by atoms with Crippen LogP contribution in [0, 0.1) is 0 Å². The van der Waals surface area contributed by atoms with Crippen LogP contribution in [0.15, 0.2) is 40.2 Å². The van der Waals surface area contributed by atoms with Gasteiger partial charge in [-0.1, -0.05) is 12.1 Å². The smallest absolute Gasteiger partial charge is 0.350 e. The molecule has 1 N–H and O–H groups in total. The molecule has 7 nitrogen and oxygen atoms in total. The maximum Gasteiger partial charge on any atom is 0.416 e. The lowest BCUT2D eigenvalue weighted by Gasteiger charge is -2.28. The number of rotatable bonds is 5. The van der Waals surface area contributed by atoms with Crippen molar-refractivity contribution < 1.29 is 22.8 Å². The quantitative estimate of drug-likeness (QED) is 0.774. The minimum Gasteiger partial charge on any atom is -0.350 e. The van der Waals surface area contributed by atoms with Crippen molar-refractivity contribution >= 4 is 29.3 Å². The van der Waals surface area contributed by atoms with Crippen LogP contribution in [-0.4, -0.2) is 33.4 Å². The fraction of sp³-hybridized carbons (Fsp3) is 0.368. The fourth-order valence-corrected chi connectivity index (χ4v) is 4.02. The third-order valence-electron chi connectivity index (χ3n) is 4.82. The number of anilines is 1. The topological polar surface area (TPSA) is 84.3 Å². The molecule has 2 amide bonds. The van der Waals surface area contributed by atoms with E-state index in [0.29, 0.717) is 10.5 Å². The molecule has 0 bridgehead atoms. The van der Waals surface area contributed by atoms with E-state index in [1.165, 1.54) is 35.0 Å². The molecule has 2 aromatic rings. The number of alkyl halides is 3. The van der Waals surface area contributed by atoms with Gasteiger partial charge in [-0.25, -0.2) is 4.68 Å². The van der Waals surface area contributed by atoms with Gasteiger partial charge < -0.3 is 10.2 Å². The maximum atomic E-state index is 12.8. The molecule has 0 unspecified atom stereocenters. The molecule has 1 aromatic carbocycles. The second-order valence-corrected chi connectivity index (χ2v) is 8.09. The zero-order valence-electron chi connectivity index (χ0n) is 15.6. The number of aromatic nitrogens is 2. The minimum absolute atomic E-state index is 0.0131. The van der Waals surface area contributed by atoms with Crippen LogP contribution in [-0.2, 0) is 28.9 Å². The number of thioether (sulfide) groups is 1. The highest BCUT2D eigenvalue weighted by atomic mass is 32.2. The number of fused-ring (bicyclic) bond motifs is 1. The summed E-state index contributed by atoms with van der Waals surface area (Å²) in [5.74, 6) is -0.392. The molecule has 0 spiro atoms. The van der Waals surface area contributed by atoms with Crippen molar-refractivity contribution in [3.05, 3.63) is 51.9 Å². The lowest BCUT2D eigenvalue weighted by Crippen LogP contribution is -2.43. The van der Waals surface area contributed by atoms with Crippen molar-refractivity contribution in [1.29, 1.82) is 0 Å². The van der Waals surface area contributed by atoms with Gasteiger partial charge in [-0.3, -0.25) is 14.4 Å². The number of amides is 2. The van der Waals surface area contributed by atoms with E-state index >= 15 is 0 Å². The first-order valence-corrected chi connectivity index (χ1v) is 10.2. The van der Waals surface area contributed by atoms with E-state index in [1.54, 1.807) is 0 Å². The Morgan fingerprint density at radius 1 is 1.20 bits per heavy atom. The van der Waals surface area contributed by atoms with Gasteiger partial charge in [-0.2, -0.15) is 18.3 Å². The lowest BCUT2D eigenvalue weighted by atomic mass is 10.1. The Kier molecular flexibility index (Phi) is 5.31. The van der Waals surface area contributed by atoms with Gasteiger partial charge in [-0.15, -0.1) is 11.8 Å². The van der Waals surface area contributed by atoms with Crippen molar-refractivity contribution in [3.63, 3.8) is 0 Å². The van der Waals surface area contributed by atoms with Crippen molar-refractivity contribution in [2.24, 2.45) is 0 Å². The molecule has 158 valence electrons. The van der Waals surface area contributed by atoms with Crippen molar-refractivity contribution in [2.45, 2.75) is 43.0 Å². The highest BCUT2D eigenvalue weighted by Crippen LogP contribution is 2.39. The maximum absolute atomic E-state index is 12.8. The van der Waals surface area contributed by atoms with Crippen LogP contribution in [0.4, 0.5) is 18.9 Å². The second kappa shape index (κ2) is 7.78. The van der Waals surface area contributed by atoms with E-state index < -0.39 is 23.2 Å². The summed E-state index contributed by atoms with van der Waals surface area (Å²) in [5, 5.41) is 6.59. The zero-order valence-corrected chi connectivity index (χ0v) is 16.4. The van der Waals surface area contributed by atoms with Crippen LogP contribution >= 0.6 is 11.8 Å². The Labute approximate surface area is 173 Å². The standard InChI is InChI=1S/C19H17F3N4O3S/c20-19(21,22)12-3-1-11(2-4-12)7-23-15(27)9-25-18(29)17-14(8-24-25)30-10-16(28)26(17)13-5-6-13/h1-4,8,13H,5-7,9-10H2,(H,23,27). The van der Waals surface area contributed by atoms with Gasteiger partial charge in [0, 0.05) is 12.6 Å². The molecule has 0 radical (unpaired) electrons. The molecule has 2 aliphatic rings. The summed E-state index contributed by atoms with van der Waals surface area (Å²) in [4.78, 5) is 39.5. The Hall–Kier alpha value is -2.82. The number of nitrogens with zero attached hydrogens (tertiary/aromatic N) is 3. The number of hydrogen-bond donors (Lipinski definition) is 1. The summed E-state index contributed by atoms with van der Waals surface area (Å²) in [6.07, 6.45) is -1.27. The first-order valence-electron chi connectivity index (χ1n) is 9.22. The molecule has 4 rings (SSSR count). The van der Waals surface area contributed by atoms with Crippen LogP contribution in [0.5, 0.6) is 0 Å². The summed E-state index contributed by atoms with van der Waals surface area (Å²) in [6.45, 7) is -0.344. The lowest BCUT2D eigenvalue weighted by molar-refractivity contribution is -0.137. The molecular formula is C19H17F3N4O3S. The van der Waals surface area contributed by atoms with E-state index in [-0.39, 0.29) is 36.5 Å². The number of hydrogen-bond acceptors (Lipinski definition) is 5. The molecule has 30 heavy (non-hydrogen) atoms. The Bertz CT molecular complexity index is 1050. The molecular weight excluding hydrogens is 421 g/mol. The van der Waals surface area contributed by atoms with Crippen LogP contribution in [0.1, 0.15) is 24.0 Å². The summed E-state index contributed by atoms with van der Waals surface area (Å²) in [6, 6.07) is 4.47. The fourth-order valence-electron chi connectivity index (χ4n) is 3.16. The molecule has 1 aromatic heterocycles. The van der Waals surface area contributed by atoms with Gasteiger partial charge in [0.2, 0.25) is 11.8 Å². The Balaban J connectivity index is 1.44. The average Bonchev–Trinajstić information content (AvgIpc) is 3.53. The van der Waals surface area contributed by atoms with Gasteiger partial charge in [-0.05, 0) is 30.5 Å². The number of halogens is 3. The highest BCUT2D eigenvalue weighted by molar-refractivity contribution is 8.00. The predicted octanol–water partition coefficient (Wildman–Crippen LogP) is 2.18. The second-order valence-electron chi connectivity index (χ2n) is 7.08. The largest absolute Gasteiger partial charge is 0.416 e. The summed E-state index contributed by atoms with van der Waals surface area (Å²) in [5.41, 5.74) is -0.520. The summed E-state index contributed by atoms with van der Waals surface area (Å²) >= 11 is 1.25. The van der Waals surface area contributed by atoms with E-state index in [9.17, 15) is 27.6 Å². The van der Waals surface area contributed by atoms with Gasteiger partial charge in [0.1, 0.15) is 12.2 Å². The van der Waals surface area contributed by atoms with E-state index in [2.05, 4.69) is 10.4 Å². The Morgan fingerprint density at radius 2 is 1.90 bits per heavy atom.